The van der Waals surface area contributed by atoms with E-state index in [2.05, 4.69) is 10.9 Å². The van der Waals surface area contributed by atoms with E-state index in [1.807, 2.05) is 30.3 Å². The van der Waals surface area contributed by atoms with Crippen molar-refractivity contribution >= 4 is 17.6 Å². The average Bonchev–Trinajstić information content (AvgIpc) is 3.22. The number of carbonyl (C=O) groups is 2. The fourth-order valence-corrected chi connectivity index (χ4v) is 1.64. The number of methoxy groups -OCH3 is 1. The van der Waals surface area contributed by atoms with Gasteiger partial charge >= 0.3 is 5.97 Å². The lowest BCUT2D eigenvalue weighted by Gasteiger charge is -2.07. The van der Waals surface area contributed by atoms with Gasteiger partial charge in [0.25, 0.3) is 0 Å². The van der Waals surface area contributed by atoms with Gasteiger partial charge in [0.15, 0.2) is 0 Å². The Bertz CT molecular complexity index is 480. The van der Waals surface area contributed by atoms with Crippen LogP contribution in [-0.4, -0.2) is 38.0 Å². The van der Waals surface area contributed by atoms with Crippen molar-refractivity contribution in [2.45, 2.75) is 25.2 Å². The standard InChI is InChI=1S/C14H18N2O5/c1-19-9-11-14(20-11)21-13(18)8-7-12(17)16-15-10-5-3-2-4-6-10/h2-6,11,14-15H,7-9H2,1H3,(H,16,17). The highest BCUT2D eigenvalue weighted by atomic mass is 16.8. The zero-order valence-electron chi connectivity index (χ0n) is 11.7. The Morgan fingerprint density at radius 1 is 1.24 bits per heavy atom. The summed E-state index contributed by atoms with van der Waals surface area (Å²) in [6, 6.07) is 9.19. The summed E-state index contributed by atoms with van der Waals surface area (Å²) in [6.45, 7) is 0.388. The lowest BCUT2D eigenvalue weighted by atomic mass is 10.3. The van der Waals surface area contributed by atoms with Crippen LogP contribution in [0.25, 0.3) is 0 Å². The quantitative estimate of drug-likeness (QED) is 0.419. The van der Waals surface area contributed by atoms with Crippen molar-refractivity contribution in [3.05, 3.63) is 30.3 Å². The van der Waals surface area contributed by atoms with Crippen LogP contribution in [0.4, 0.5) is 5.69 Å². The molecule has 7 nitrogen and oxygen atoms in total. The van der Waals surface area contributed by atoms with Gasteiger partial charge in [0.1, 0.15) is 6.10 Å². The number of para-hydroxylation sites is 1. The van der Waals surface area contributed by atoms with Crippen molar-refractivity contribution in [2.24, 2.45) is 0 Å². The van der Waals surface area contributed by atoms with Crippen LogP contribution in [0.5, 0.6) is 0 Å². The number of rotatable bonds is 8. The van der Waals surface area contributed by atoms with E-state index in [-0.39, 0.29) is 24.9 Å². The van der Waals surface area contributed by atoms with Gasteiger partial charge in [-0.25, -0.2) is 0 Å². The molecule has 1 aromatic carbocycles. The summed E-state index contributed by atoms with van der Waals surface area (Å²) in [4.78, 5) is 23.0. The zero-order chi connectivity index (χ0) is 15.1. The molecule has 0 radical (unpaired) electrons. The van der Waals surface area contributed by atoms with Gasteiger partial charge in [-0.1, -0.05) is 18.2 Å². The molecule has 0 bridgehead atoms. The van der Waals surface area contributed by atoms with Crippen LogP contribution < -0.4 is 10.9 Å². The molecule has 0 aromatic heterocycles. The highest BCUT2D eigenvalue weighted by Gasteiger charge is 2.42. The first kappa shape index (κ1) is 15.3. The molecule has 1 amide bonds. The second kappa shape index (κ2) is 7.61. The Morgan fingerprint density at radius 3 is 2.71 bits per heavy atom. The number of epoxide rings is 1. The van der Waals surface area contributed by atoms with Gasteiger partial charge < -0.3 is 14.2 Å². The van der Waals surface area contributed by atoms with Gasteiger partial charge in [0, 0.05) is 13.5 Å². The van der Waals surface area contributed by atoms with Gasteiger partial charge in [0.05, 0.1) is 18.7 Å². The molecular formula is C14H18N2O5. The van der Waals surface area contributed by atoms with Crippen LogP contribution >= 0.6 is 0 Å². The first-order chi connectivity index (χ1) is 10.2. The first-order valence-electron chi connectivity index (χ1n) is 6.63. The number of benzene rings is 1. The normalized spacial score (nSPS) is 19.7. The van der Waals surface area contributed by atoms with E-state index >= 15 is 0 Å². The van der Waals surface area contributed by atoms with Gasteiger partial charge in [-0.2, -0.15) is 0 Å². The lowest BCUT2D eigenvalue weighted by molar-refractivity contribution is -0.149. The van der Waals surface area contributed by atoms with Crippen molar-refractivity contribution in [3.63, 3.8) is 0 Å². The van der Waals surface area contributed by atoms with Crippen molar-refractivity contribution in [3.8, 4) is 0 Å². The Morgan fingerprint density at radius 2 is 2.00 bits per heavy atom. The van der Waals surface area contributed by atoms with Crippen LogP contribution in [0.2, 0.25) is 0 Å². The largest absolute Gasteiger partial charge is 0.433 e. The van der Waals surface area contributed by atoms with Crippen LogP contribution in [0.1, 0.15) is 12.8 Å². The molecule has 2 atom stereocenters. The third-order valence-corrected chi connectivity index (χ3v) is 2.79. The SMILES string of the molecule is COCC1OC1OC(=O)CCC(=O)NNc1ccccc1. The summed E-state index contributed by atoms with van der Waals surface area (Å²) in [5.74, 6) is -0.755. The number of esters is 1. The summed E-state index contributed by atoms with van der Waals surface area (Å²) in [5, 5.41) is 0. The molecule has 2 unspecified atom stereocenters. The van der Waals surface area contributed by atoms with Crippen LogP contribution in [0.15, 0.2) is 30.3 Å². The highest BCUT2D eigenvalue weighted by Crippen LogP contribution is 2.23. The van der Waals surface area contributed by atoms with Gasteiger partial charge in [0.2, 0.25) is 12.2 Å². The zero-order valence-corrected chi connectivity index (χ0v) is 11.7. The monoisotopic (exact) mass is 294 g/mol. The minimum absolute atomic E-state index is 0.00185. The van der Waals surface area contributed by atoms with E-state index in [0.29, 0.717) is 6.61 Å². The van der Waals surface area contributed by atoms with Crippen LogP contribution in [0, 0.1) is 0 Å². The molecule has 1 fully saturated rings. The number of ether oxygens (including phenoxy) is 3. The van der Waals surface area contributed by atoms with Gasteiger partial charge in [-0.3, -0.25) is 20.4 Å². The second-order valence-corrected chi connectivity index (χ2v) is 4.53. The Labute approximate surface area is 122 Å². The highest BCUT2D eigenvalue weighted by molar-refractivity contribution is 5.82. The number of carbonyl (C=O) groups excluding carboxylic acids is 2. The fraction of sp³-hybridized carbons (Fsp3) is 0.429. The summed E-state index contributed by atoms with van der Waals surface area (Å²) in [6.07, 6.45) is -0.683. The molecule has 1 aromatic rings. The Balaban J connectivity index is 1.57. The van der Waals surface area contributed by atoms with Crippen molar-refractivity contribution in [1.29, 1.82) is 0 Å². The third kappa shape index (κ3) is 5.41. The fourth-order valence-electron chi connectivity index (χ4n) is 1.64. The average molecular weight is 294 g/mol. The molecule has 0 saturated carbocycles. The smallest absolute Gasteiger partial charge is 0.308 e. The first-order valence-corrected chi connectivity index (χ1v) is 6.63. The van der Waals surface area contributed by atoms with Crippen molar-refractivity contribution in [2.75, 3.05) is 19.1 Å². The van der Waals surface area contributed by atoms with Crippen LogP contribution in [0.3, 0.4) is 0 Å². The predicted molar refractivity (Wildman–Crippen MR) is 74.1 cm³/mol. The number of hydrogen-bond donors (Lipinski definition) is 2. The summed E-state index contributed by atoms with van der Waals surface area (Å²) in [7, 11) is 1.55. The van der Waals surface area contributed by atoms with Gasteiger partial charge in [-0.15, -0.1) is 0 Å². The maximum Gasteiger partial charge on any atom is 0.308 e. The molecule has 2 N–H and O–H groups in total. The number of hydrazine groups is 1. The minimum atomic E-state index is -0.539. The molecule has 21 heavy (non-hydrogen) atoms. The van der Waals surface area contributed by atoms with Crippen molar-refractivity contribution in [1.82, 2.24) is 5.43 Å². The molecule has 0 spiro atoms. The molecule has 1 aliphatic heterocycles. The summed E-state index contributed by atoms with van der Waals surface area (Å²) < 4.78 is 14.9. The Hall–Kier alpha value is -2.12. The molecule has 114 valence electrons. The molecular weight excluding hydrogens is 276 g/mol. The molecule has 2 rings (SSSR count). The van der Waals surface area contributed by atoms with E-state index < -0.39 is 12.3 Å². The second-order valence-electron chi connectivity index (χ2n) is 4.53. The number of anilines is 1. The predicted octanol–water partition coefficient (Wildman–Crippen LogP) is 0.824. The van der Waals surface area contributed by atoms with E-state index in [1.165, 1.54) is 0 Å². The third-order valence-electron chi connectivity index (χ3n) is 2.79. The minimum Gasteiger partial charge on any atom is -0.433 e. The number of amides is 1. The lowest BCUT2D eigenvalue weighted by Crippen LogP contribution is -2.29. The maximum absolute atomic E-state index is 11.6. The summed E-state index contributed by atoms with van der Waals surface area (Å²) >= 11 is 0. The maximum atomic E-state index is 11.6. The van der Waals surface area contributed by atoms with Gasteiger partial charge in [-0.05, 0) is 12.1 Å². The summed E-state index contributed by atoms with van der Waals surface area (Å²) in [5.41, 5.74) is 6.02. The molecule has 1 heterocycles. The topological polar surface area (TPSA) is 89.2 Å². The molecule has 7 heteroatoms. The van der Waals surface area contributed by atoms with E-state index in [9.17, 15) is 9.59 Å². The number of hydrogen-bond acceptors (Lipinski definition) is 6. The van der Waals surface area contributed by atoms with Crippen molar-refractivity contribution < 1.29 is 23.8 Å². The van der Waals surface area contributed by atoms with E-state index in [4.69, 9.17) is 14.2 Å². The van der Waals surface area contributed by atoms with E-state index in [1.54, 1.807) is 7.11 Å². The Kier molecular flexibility index (Phi) is 5.53. The molecule has 0 aliphatic carbocycles. The van der Waals surface area contributed by atoms with Crippen LogP contribution in [-0.2, 0) is 23.8 Å². The molecule has 1 aliphatic rings. The molecule has 1 saturated heterocycles. The van der Waals surface area contributed by atoms with E-state index in [0.717, 1.165) is 5.69 Å². The number of nitrogens with one attached hydrogen (secondary N) is 2.